The summed E-state index contributed by atoms with van der Waals surface area (Å²) in [5, 5.41) is 0.746. The maximum Gasteiger partial charge on any atom is 0.257 e. The Morgan fingerprint density at radius 2 is 0.706 bits per heavy atom. The molecule has 5 aromatic rings. The summed E-state index contributed by atoms with van der Waals surface area (Å²) in [5.74, 6) is -40.9. The summed E-state index contributed by atoms with van der Waals surface area (Å²) in [6.07, 6.45) is 0. The average Bonchev–Trinajstić information content (AvgIpc) is 3.52. The van der Waals surface area contributed by atoms with Crippen LogP contribution in [0.25, 0.3) is 21.2 Å². The molecule has 0 radical (unpaired) electrons. The van der Waals surface area contributed by atoms with Crippen LogP contribution in [0.3, 0.4) is 0 Å². The van der Waals surface area contributed by atoms with Gasteiger partial charge in [0.25, 0.3) is 6.71 Å². The highest BCUT2D eigenvalue weighted by Gasteiger charge is 2.47. The Morgan fingerprint density at radius 1 is 0.392 bits per heavy atom. The lowest BCUT2D eigenvalue weighted by Crippen LogP contribution is -2.67. The van der Waals surface area contributed by atoms with Gasteiger partial charge in [-0.3, -0.25) is 0 Å². The van der Waals surface area contributed by atoms with E-state index in [4.69, 9.17) is 0 Å². The van der Waals surface area contributed by atoms with Crippen molar-refractivity contribution in [3.05, 3.63) is 98.7 Å². The number of benzene rings is 4. The Labute approximate surface area is 285 Å². The van der Waals surface area contributed by atoms with Crippen molar-refractivity contribution in [2.45, 2.75) is 39.3 Å². The molecular formula is C32H20BF15SSi2. The van der Waals surface area contributed by atoms with Crippen LogP contribution in [0.15, 0.2) is 11.4 Å². The maximum atomic E-state index is 16.0. The molecule has 0 aliphatic carbocycles. The highest BCUT2D eigenvalue weighted by Crippen LogP contribution is 2.36. The van der Waals surface area contributed by atoms with Crippen LogP contribution in [0.5, 0.6) is 0 Å². The number of thiophene rings is 1. The van der Waals surface area contributed by atoms with Crippen LogP contribution < -0.4 is 26.8 Å². The van der Waals surface area contributed by atoms with E-state index in [0.717, 1.165) is 11.3 Å². The minimum Gasteiger partial charge on any atom is -0.204 e. The average molecular weight is 789 g/mol. The number of hydrogen-bond acceptors (Lipinski definition) is 1. The van der Waals surface area contributed by atoms with Gasteiger partial charge in [-0.2, -0.15) is 0 Å². The number of hydrogen-bond donors (Lipinski definition) is 0. The fraction of sp³-hybridized carbons (Fsp3) is 0.188. The quantitative estimate of drug-likeness (QED) is 0.0705. The Balaban J connectivity index is 2.32. The van der Waals surface area contributed by atoms with Gasteiger partial charge in [-0.05, 0) is 27.6 Å². The van der Waals surface area contributed by atoms with Crippen LogP contribution in [-0.4, -0.2) is 22.9 Å². The highest BCUT2D eigenvalue weighted by molar-refractivity contribution is 7.21. The van der Waals surface area contributed by atoms with E-state index in [1.165, 1.54) is 50.7 Å². The van der Waals surface area contributed by atoms with Crippen molar-refractivity contribution < 1.29 is 65.9 Å². The zero-order chi connectivity index (χ0) is 38.6. The van der Waals surface area contributed by atoms with Gasteiger partial charge >= 0.3 is 0 Å². The molecule has 0 aliphatic heterocycles. The second-order valence-corrected chi connectivity index (χ2v) is 24.5. The minimum absolute atomic E-state index is 0.0111. The lowest BCUT2D eigenvalue weighted by Gasteiger charge is -2.34. The topological polar surface area (TPSA) is 0 Å². The van der Waals surface area contributed by atoms with E-state index in [1.54, 1.807) is 0 Å². The molecule has 0 fully saturated rings. The van der Waals surface area contributed by atoms with E-state index in [9.17, 15) is 30.7 Å². The first-order valence-corrected chi connectivity index (χ1v) is 22.4. The van der Waals surface area contributed by atoms with Crippen molar-refractivity contribution in [3.8, 4) is 11.1 Å². The van der Waals surface area contributed by atoms with Crippen molar-refractivity contribution in [2.24, 2.45) is 0 Å². The predicted molar refractivity (Wildman–Crippen MR) is 170 cm³/mol. The van der Waals surface area contributed by atoms with E-state index >= 15 is 35.1 Å². The normalized spacial score (nSPS) is 12.4. The second-order valence-electron chi connectivity index (χ2n) is 13.5. The smallest absolute Gasteiger partial charge is 0.204 e. The first kappa shape index (κ1) is 38.5. The van der Waals surface area contributed by atoms with Gasteiger partial charge in [-0.15, -0.1) is 11.3 Å². The molecule has 51 heavy (non-hydrogen) atoms. The molecule has 0 atom stereocenters. The van der Waals surface area contributed by atoms with Crippen molar-refractivity contribution in [1.82, 2.24) is 0 Å². The Morgan fingerprint density at radius 3 is 1.04 bits per heavy atom. The third-order valence-electron chi connectivity index (χ3n) is 8.26. The standard InChI is InChI=1S/C32H20BF15SSi2/c1-50(2,3)31-9-7-8-49-30(9)32(51(4,5)6)10(11-15(34)21(40)27(46)22(41)16(11)35)12(31)33(13-17(36)23(42)28(47)24(43)18(13)37)14-19(38)25(44)29(48)26(45)20(14)39/h7-8H,1-6H3. The third-order valence-corrected chi connectivity index (χ3v) is 13.4. The molecule has 0 aliphatic rings. The first-order valence-electron chi connectivity index (χ1n) is 14.5. The van der Waals surface area contributed by atoms with E-state index in [2.05, 4.69) is 0 Å². The molecule has 0 saturated heterocycles. The van der Waals surface area contributed by atoms with Gasteiger partial charge in [0, 0.05) is 15.6 Å². The fourth-order valence-electron chi connectivity index (χ4n) is 6.30. The van der Waals surface area contributed by atoms with Crippen molar-refractivity contribution >= 4 is 71.0 Å². The van der Waals surface area contributed by atoms with E-state index in [-0.39, 0.29) is 20.5 Å². The third kappa shape index (κ3) is 5.69. The van der Waals surface area contributed by atoms with Gasteiger partial charge in [-0.1, -0.05) is 49.9 Å². The molecule has 1 heterocycles. The van der Waals surface area contributed by atoms with Crippen LogP contribution in [0.2, 0.25) is 39.3 Å². The van der Waals surface area contributed by atoms with E-state index in [0.29, 0.717) is 0 Å². The predicted octanol–water partition coefficient (Wildman–Crippen LogP) is 8.26. The van der Waals surface area contributed by atoms with E-state index in [1.807, 2.05) is 0 Å². The van der Waals surface area contributed by atoms with Crippen molar-refractivity contribution in [2.75, 3.05) is 0 Å². The summed E-state index contributed by atoms with van der Waals surface area (Å²) in [6, 6.07) is 1.32. The summed E-state index contributed by atoms with van der Waals surface area (Å²) in [6.45, 7) is 5.29. The molecule has 0 bridgehead atoms. The maximum absolute atomic E-state index is 16.0. The largest absolute Gasteiger partial charge is 0.257 e. The zero-order valence-corrected chi connectivity index (χ0v) is 29.6. The highest BCUT2D eigenvalue weighted by atomic mass is 32.1. The zero-order valence-electron chi connectivity index (χ0n) is 26.8. The van der Waals surface area contributed by atoms with Gasteiger partial charge in [0.2, 0.25) is 5.82 Å². The van der Waals surface area contributed by atoms with Crippen LogP contribution in [0.4, 0.5) is 65.9 Å². The van der Waals surface area contributed by atoms with E-state index < -0.39 is 138 Å². The summed E-state index contributed by atoms with van der Waals surface area (Å²) >= 11 is 0.857. The Hall–Kier alpha value is -3.71. The summed E-state index contributed by atoms with van der Waals surface area (Å²) < 4.78 is 229. The molecule has 0 amide bonds. The summed E-state index contributed by atoms with van der Waals surface area (Å²) in [5.41, 5.74) is -8.63. The summed E-state index contributed by atoms with van der Waals surface area (Å²) in [4.78, 5) is 0. The molecule has 5 rings (SSSR count). The van der Waals surface area contributed by atoms with Crippen LogP contribution in [0, 0.1) is 87.3 Å². The molecule has 1 aromatic heterocycles. The van der Waals surface area contributed by atoms with Gasteiger partial charge in [0.05, 0.1) is 21.7 Å². The van der Waals surface area contributed by atoms with Crippen molar-refractivity contribution in [1.29, 1.82) is 0 Å². The van der Waals surface area contributed by atoms with Crippen molar-refractivity contribution in [3.63, 3.8) is 0 Å². The van der Waals surface area contributed by atoms with Gasteiger partial charge in [0.15, 0.2) is 81.4 Å². The lowest BCUT2D eigenvalue weighted by atomic mass is 9.35. The van der Waals surface area contributed by atoms with Gasteiger partial charge < -0.3 is 0 Å². The Bertz CT molecular complexity index is 2150. The number of fused-ring (bicyclic) bond motifs is 1. The SMILES string of the molecule is C[Si](C)(C)c1c(B(c2c(F)c(F)c(F)c(F)c2F)c2c(F)c(F)c(F)c(F)c2F)c(-c2c(F)c(F)c(F)c(F)c2F)c([Si](C)(C)C)c2sccc12. The molecule has 4 aromatic carbocycles. The fourth-order valence-corrected chi connectivity index (χ4v) is 12.3. The first-order chi connectivity index (χ1) is 23.4. The molecule has 270 valence electrons. The molecule has 0 spiro atoms. The lowest BCUT2D eigenvalue weighted by molar-refractivity contribution is 0.381. The van der Waals surface area contributed by atoms with Crippen LogP contribution in [-0.2, 0) is 0 Å². The Kier molecular flexibility index (Phi) is 9.63. The molecular weight excluding hydrogens is 768 g/mol. The second kappa shape index (κ2) is 12.8. The minimum atomic E-state index is -3.50. The molecule has 0 nitrogen and oxygen atoms in total. The van der Waals surface area contributed by atoms with Crippen LogP contribution in [0.1, 0.15) is 0 Å². The molecule has 19 heteroatoms. The summed E-state index contributed by atoms with van der Waals surface area (Å²) in [7, 11) is -6.89. The molecule has 0 N–H and O–H groups in total. The van der Waals surface area contributed by atoms with Gasteiger partial charge in [0.1, 0.15) is 0 Å². The molecule has 0 saturated carbocycles. The van der Waals surface area contributed by atoms with Crippen LogP contribution >= 0.6 is 11.3 Å². The monoisotopic (exact) mass is 788 g/mol. The number of halogens is 15. The van der Waals surface area contributed by atoms with Gasteiger partial charge in [-0.25, -0.2) is 65.9 Å². The molecule has 0 unspecified atom stereocenters. The number of rotatable bonds is 6.